The average Bonchev–Trinajstić information content (AvgIpc) is 3.47. The predicted molar refractivity (Wildman–Crippen MR) is 133 cm³/mol. The van der Waals surface area contributed by atoms with Crippen LogP contribution in [-0.4, -0.2) is 30.3 Å². The molecule has 0 bridgehead atoms. The number of pyridine rings is 1. The van der Waals surface area contributed by atoms with E-state index < -0.39 is 17.1 Å². The average molecular weight is 490 g/mol. The van der Waals surface area contributed by atoms with Crippen molar-refractivity contribution in [2.24, 2.45) is 0 Å². The quantitative estimate of drug-likeness (QED) is 0.427. The van der Waals surface area contributed by atoms with Gasteiger partial charge in [-0.15, -0.1) is 0 Å². The van der Waals surface area contributed by atoms with E-state index in [0.717, 1.165) is 42.3 Å². The number of hydrogen-bond acceptors (Lipinski definition) is 5. The maximum atomic E-state index is 13.5. The van der Waals surface area contributed by atoms with Gasteiger partial charge in [0.2, 0.25) is 0 Å². The van der Waals surface area contributed by atoms with Crippen LogP contribution in [0.3, 0.4) is 0 Å². The van der Waals surface area contributed by atoms with Gasteiger partial charge in [-0.05, 0) is 61.6 Å². The third-order valence-electron chi connectivity index (χ3n) is 7.10. The molecule has 0 spiro atoms. The van der Waals surface area contributed by atoms with E-state index in [1.54, 1.807) is 25.3 Å². The Kier molecular flexibility index (Phi) is 6.07. The molecule has 0 saturated heterocycles. The van der Waals surface area contributed by atoms with Crippen LogP contribution in [0.5, 0.6) is 5.75 Å². The molecule has 1 saturated carbocycles. The Morgan fingerprint density at radius 1 is 1.17 bits per heavy atom. The number of amides is 1. The first kappa shape index (κ1) is 23.7. The van der Waals surface area contributed by atoms with E-state index in [4.69, 9.17) is 0 Å². The summed E-state index contributed by atoms with van der Waals surface area (Å²) in [5, 5.41) is 18.4. The first-order valence-corrected chi connectivity index (χ1v) is 12.0. The van der Waals surface area contributed by atoms with E-state index >= 15 is 0 Å². The number of aromatic hydroxyl groups is 1. The van der Waals surface area contributed by atoms with Crippen molar-refractivity contribution in [3.8, 4) is 5.75 Å². The van der Waals surface area contributed by atoms with Crippen molar-refractivity contribution >= 4 is 16.9 Å². The van der Waals surface area contributed by atoms with Gasteiger partial charge in [-0.25, -0.2) is 9.37 Å². The molecule has 3 heterocycles. The summed E-state index contributed by atoms with van der Waals surface area (Å²) in [5.41, 5.74) is 1.59. The van der Waals surface area contributed by atoms with Gasteiger partial charge < -0.3 is 15.0 Å². The van der Waals surface area contributed by atoms with Crippen LogP contribution in [0.25, 0.3) is 11.0 Å². The lowest BCUT2D eigenvalue weighted by Crippen LogP contribution is -2.38. The second-order valence-electron chi connectivity index (χ2n) is 9.64. The molecule has 3 aromatic heterocycles. The van der Waals surface area contributed by atoms with E-state index in [0.29, 0.717) is 17.7 Å². The maximum absolute atomic E-state index is 13.5. The first-order chi connectivity index (χ1) is 17.3. The Labute approximate surface area is 207 Å². The number of hydrogen-bond donors (Lipinski definition) is 2. The summed E-state index contributed by atoms with van der Waals surface area (Å²) in [6.07, 6.45) is 8.98. The Morgan fingerprint density at radius 2 is 1.94 bits per heavy atom. The number of aromatic nitrogens is 4. The highest BCUT2D eigenvalue weighted by Crippen LogP contribution is 2.40. The van der Waals surface area contributed by atoms with Gasteiger partial charge in [0.25, 0.3) is 11.3 Å². The van der Waals surface area contributed by atoms with E-state index in [-0.39, 0.29) is 23.6 Å². The van der Waals surface area contributed by atoms with Crippen LogP contribution in [-0.2, 0) is 18.6 Å². The number of carbonyl (C=O) groups excluding carboxylic acids is 1. The highest BCUT2D eigenvalue weighted by molar-refractivity contribution is 5.92. The predicted octanol–water partition coefficient (Wildman–Crippen LogP) is 3.95. The summed E-state index contributed by atoms with van der Waals surface area (Å²) >= 11 is 0. The van der Waals surface area contributed by atoms with Gasteiger partial charge in [-0.3, -0.25) is 14.3 Å². The molecule has 9 heteroatoms. The van der Waals surface area contributed by atoms with Crippen LogP contribution < -0.4 is 10.7 Å². The van der Waals surface area contributed by atoms with Gasteiger partial charge >= 0.3 is 0 Å². The van der Waals surface area contributed by atoms with Gasteiger partial charge in [0.1, 0.15) is 11.5 Å². The standard InChI is InChI=1S/C27H28FN5O3/c1-17-12-19(7-8-21(17)28)13-30-26(36)23-24(35)22(34)15-32(31-23)16-27(9-3-4-10-27)33-14-18(2)20-6-5-11-29-25(20)33/h5-8,11-12,14-15,34H,3-4,9-10,13,16H2,1-2H3,(H,30,36). The molecule has 1 aliphatic rings. The second kappa shape index (κ2) is 9.22. The minimum absolute atomic E-state index is 0.0982. The van der Waals surface area contributed by atoms with Gasteiger partial charge in [-0.1, -0.05) is 25.0 Å². The van der Waals surface area contributed by atoms with E-state index in [1.807, 2.05) is 12.1 Å². The Hall–Kier alpha value is -4.01. The van der Waals surface area contributed by atoms with Crippen molar-refractivity contribution in [1.29, 1.82) is 0 Å². The SMILES string of the molecule is Cc1cc(CNC(=O)c2nn(CC3(n4cc(C)c5cccnc54)CCCC3)cc(O)c2=O)ccc1F. The molecular formula is C27H28FN5O3. The van der Waals surface area contributed by atoms with E-state index in [2.05, 4.69) is 33.1 Å². The maximum Gasteiger partial charge on any atom is 0.276 e. The van der Waals surface area contributed by atoms with Crippen molar-refractivity contribution in [1.82, 2.24) is 24.6 Å². The Morgan fingerprint density at radius 3 is 2.69 bits per heavy atom. The number of halogens is 1. The molecule has 36 heavy (non-hydrogen) atoms. The van der Waals surface area contributed by atoms with Gasteiger partial charge in [0.05, 0.1) is 18.3 Å². The number of nitrogens with zero attached hydrogens (tertiary/aromatic N) is 4. The first-order valence-electron chi connectivity index (χ1n) is 12.0. The van der Waals surface area contributed by atoms with Crippen LogP contribution >= 0.6 is 0 Å². The van der Waals surface area contributed by atoms with Crippen molar-refractivity contribution in [3.05, 3.63) is 87.3 Å². The number of fused-ring (bicyclic) bond motifs is 1. The molecule has 8 nitrogen and oxygen atoms in total. The number of rotatable bonds is 6. The van der Waals surface area contributed by atoms with E-state index in [9.17, 15) is 19.1 Å². The van der Waals surface area contributed by atoms with Crippen molar-refractivity contribution in [2.75, 3.05) is 0 Å². The van der Waals surface area contributed by atoms with Crippen LogP contribution in [0.15, 0.2) is 53.7 Å². The van der Waals surface area contributed by atoms with Gasteiger partial charge in [-0.2, -0.15) is 5.10 Å². The fourth-order valence-corrected chi connectivity index (χ4v) is 5.23. The molecule has 2 N–H and O–H groups in total. The molecule has 1 aromatic carbocycles. The van der Waals surface area contributed by atoms with Gasteiger partial charge in [0.15, 0.2) is 11.4 Å². The third kappa shape index (κ3) is 4.25. The number of benzene rings is 1. The lowest BCUT2D eigenvalue weighted by molar-refractivity contribution is 0.0940. The topological polar surface area (TPSA) is 102 Å². The summed E-state index contributed by atoms with van der Waals surface area (Å²) in [6.45, 7) is 4.16. The summed E-state index contributed by atoms with van der Waals surface area (Å²) in [6, 6.07) is 8.49. The minimum atomic E-state index is -0.830. The zero-order chi connectivity index (χ0) is 25.4. The van der Waals surface area contributed by atoms with Crippen molar-refractivity contribution in [2.45, 2.75) is 58.2 Å². The molecule has 0 radical (unpaired) electrons. The number of nitrogens with one attached hydrogen (secondary N) is 1. The Balaban J connectivity index is 1.45. The minimum Gasteiger partial charge on any atom is -0.503 e. The zero-order valence-corrected chi connectivity index (χ0v) is 20.3. The fraction of sp³-hybridized carbons (Fsp3) is 0.333. The van der Waals surface area contributed by atoms with Crippen LogP contribution in [0.4, 0.5) is 4.39 Å². The lowest BCUT2D eigenvalue weighted by atomic mass is 9.97. The molecule has 186 valence electrons. The molecule has 0 atom stereocenters. The Bertz CT molecular complexity index is 1520. The highest BCUT2D eigenvalue weighted by atomic mass is 19.1. The highest BCUT2D eigenvalue weighted by Gasteiger charge is 2.38. The summed E-state index contributed by atoms with van der Waals surface area (Å²) < 4.78 is 17.2. The zero-order valence-electron chi connectivity index (χ0n) is 20.3. The third-order valence-corrected chi connectivity index (χ3v) is 7.10. The molecule has 5 rings (SSSR count). The monoisotopic (exact) mass is 489 g/mol. The molecule has 1 fully saturated rings. The largest absolute Gasteiger partial charge is 0.503 e. The molecule has 1 aliphatic carbocycles. The molecule has 0 aliphatic heterocycles. The summed E-state index contributed by atoms with van der Waals surface area (Å²) in [7, 11) is 0. The van der Waals surface area contributed by atoms with Crippen molar-refractivity contribution < 1.29 is 14.3 Å². The number of carbonyl (C=O) groups is 1. The molecule has 0 unspecified atom stereocenters. The lowest BCUT2D eigenvalue weighted by Gasteiger charge is -2.32. The van der Waals surface area contributed by atoms with Crippen LogP contribution in [0.2, 0.25) is 0 Å². The fourth-order valence-electron chi connectivity index (χ4n) is 5.23. The summed E-state index contributed by atoms with van der Waals surface area (Å²) in [5.74, 6) is -1.56. The van der Waals surface area contributed by atoms with Crippen molar-refractivity contribution in [3.63, 3.8) is 0 Å². The summed E-state index contributed by atoms with van der Waals surface area (Å²) in [4.78, 5) is 30.1. The number of aryl methyl sites for hydroxylation is 2. The normalized spacial score (nSPS) is 14.9. The smallest absolute Gasteiger partial charge is 0.276 e. The van der Waals surface area contributed by atoms with E-state index in [1.165, 1.54) is 16.9 Å². The molecule has 4 aromatic rings. The van der Waals surface area contributed by atoms with Gasteiger partial charge in [0, 0.05) is 24.3 Å². The van der Waals surface area contributed by atoms with Crippen LogP contribution in [0.1, 0.15) is 52.9 Å². The van der Waals surface area contributed by atoms with Crippen LogP contribution in [0, 0.1) is 19.7 Å². The second-order valence-corrected chi connectivity index (χ2v) is 9.64. The molecule has 1 amide bonds. The molecular weight excluding hydrogens is 461 g/mol.